The van der Waals surface area contributed by atoms with E-state index in [9.17, 15) is 18.0 Å². The van der Waals surface area contributed by atoms with Crippen LogP contribution in [-0.4, -0.2) is 27.4 Å². The summed E-state index contributed by atoms with van der Waals surface area (Å²) in [5, 5.41) is 6.65. The van der Waals surface area contributed by atoms with Gasteiger partial charge in [-0.05, 0) is 42.0 Å². The highest BCUT2D eigenvalue weighted by molar-refractivity contribution is 6.04. The van der Waals surface area contributed by atoms with Crippen LogP contribution in [-0.2, 0) is 6.42 Å². The van der Waals surface area contributed by atoms with Crippen molar-refractivity contribution < 1.29 is 27.2 Å². The van der Waals surface area contributed by atoms with E-state index >= 15 is 0 Å². The molecule has 7 nitrogen and oxygen atoms in total. The second kappa shape index (κ2) is 8.88. The molecule has 4 rings (SSSR count). The van der Waals surface area contributed by atoms with Gasteiger partial charge in [-0.15, -0.1) is 13.2 Å². The second-order valence-corrected chi connectivity index (χ2v) is 6.61. The van der Waals surface area contributed by atoms with Gasteiger partial charge in [0.25, 0.3) is 5.91 Å². The summed E-state index contributed by atoms with van der Waals surface area (Å²) < 4.78 is 46.5. The molecule has 10 heteroatoms. The molecule has 0 bridgehead atoms. The van der Waals surface area contributed by atoms with Gasteiger partial charge < -0.3 is 14.6 Å². The summed E-state index contributed by atoms with van der Waals surface area (Å²) in [5.74, 6) is -0.328. The molecule has 2 heterocycles. The Labute approximate surface area is 179 Å². The van der Waals surface area contributed by atoms with Crippen molar-refractivity contribution in [1.82, 2.24) is 15.1 Å². The van der Waals surface area contributed by atoms with E-state index < -0.39 is 18.0 Å². The van der Waals surface area contributed by atoms with Crippen molar-refractivity contribution in [2.75, 3.05) is 5.32 Å². The fourth-order valence-electron chi connectivity index (χ4n) is 2.93. The van der Waals surface area contributed by atoms with Crippen molar-refractivity contribution in [2.45, 2.75) is 12.8 Å². The molecule has 0 aliphatic carbocycles. The predicted molar refractivity (Wildman–Crippen MR) is 108 cm³/mol. The van der Waals surface area contributed by atoms with E-state index in [4.69, 9.17) is 4.52 Å². The normalized spacial score (nSPS) is 11.2. The maximum Gasteiger partial charge on any atom is 0.573 e. The standard InChI is InChI=1S/C22H15F3N4O3/c23-22(24,25)31-17-6-3-5-16(12-17)21(30)27-18-7-2-1-4-15(18)13-19-28-20(29-32-19)14-8-10-26-11-9-14/h1-12H,13H2,(H,27,30). The zero-order chi connectivity index (χ0) is 22.6. The molecule has 0 unspecified atom stereocenters. The van der Waals surface area contributed by atoms with Crippen molar-refractivity contribution in [2.24, 2.45) is 0 Å². The summed E-state index contributed by atoms with van der Waals surface area (Å²) in [6.07, 6.45) is -1.37. The van der Waals surface area contributed by atoms with Crippen LogP contribution >= 0.6 is 0 Å². The zero-order valence-electron chi connectivity index (χ0n) is 16.3. The molecule has 0 radical (unpaired) electrons. The number of aromatic nitrogens is 3. The van der Waals surface area contributed by atoms with Gasteiger partial charge in [-0.2, -0.15) is 4.98 Å². The monoisotopic (exact) mass is 440 g/mol. The molecule has 0 saturated heterocycles. The third-order valence-electron chi connectivity index (χ3n) is 4.34. The quantitative estimate of drug-likeness (QED) is 0.460. The van der Waals surface area contributed by atoms with E-state index in [2.05, 4.69) is 25.2 Å². The number of amides is 1. The SMILES string of the molecule is O=C(Nc1ccccc1Cc1nc(-c2ccncc2)no1)c1cccc(OC(F)(F)F)c1. The lowest BCUT2D eigenvalue weighted by Crippen LogP contribution is -2.18. The summed E-state index contributed by atoms with van der Waals surface area (Å²) >= 11 is 0. The van der Waals surface area contributed by atoms with Gasteiger partial charge in [-0.1, -0.05) is 29.4 Å². The Morgan fingerprint density at radius 3 is 2.59 bits per heavy atom. The number of ether oxygens (including phenoxy) is 1. The maximum atomic E-state index is 12.6. The minimum absolute atomic E-state index is 0.0133. The maximum absolute atomic E-state index is 12.6. The topological polar surface area (TPSA) is 90.1 Å². The minimum atomic E-state index is -4.85. The molecule has 2 aromatic heterocycles. The lowest BCUT2D eigenvalue weighted by molar-refractivity contribution is -0.274. The van der Waals surface area contributed by atoms with Gasteiger partial charge in [0.1, 0.15) is 5.75 Å². The van der Waals surface area contributed by atoms with Gasteiger partial charge in [0.05, 0.1) is 6.42 Å². The van der Waals surface area contributed by atoms with Gasteiger partial charge in [0, 0.05) is 29.2 Å². The van der Waals surface area contributed by atoms with E-state index in [0.29, 0.717) is 23.0 Å². The first-order valence-corrected chi connectivity index (χ1v) is 9.35. The van der Waals surface area contributed by atoms with Crippen molar-refractivity contribution in [3.8, 4) is 17.1 Å². The van der Waals surface area contributed by atoms with Crippen molar-refractivity contribution in [3.05, 3.63) is 90.1 Å². The van der Waals surface area contributed by atoms with E-state index in [1.54, 1.807) is 48.8 Å². The van der Waals surface area contributed by atoms with Gasteiger partial charge in [-0.3, -0.25) is 9.78 Å². The van der Waals surface area contributed by atoms with E-state index in [1.807, 2.05) is 0 Å². The van der Waals surface area contributed by atoms with Gasteiger partial charge in [0.2, 0.25) is 11.7 Å². The number of nitrogens with zero attached hydrogens (tertiary/aromatic N) is 3. The number of carbonyl (C=O) groups excluding carboxylic acids is 1. The Morgan fingerprint density at radius 1 is 1.03 bits per heavy atom. The molecule has 1 N–H and O–H groups in total. The van der Waals surface area contributed by atoms with E-state index in [0.717, 1.165) is 17.7 Å². The fraction of sp³-hybridized carbons (Fsp3) is 0.0909. The number of halogens is 3. The first kappa shape index (κ1) is 21.0. The number of hydrogen-bond donors (Lipinski definition) is 1. The van der Waals surface area contributed by atoms with Crippen LogP contribution in [0, 0.1) is 0 Å². The number of benzene rings is 2. The fourth-order valence-corrected chi connectivity index (χ4v) is 2.93. The van der Waals surface area contributed by atoms with Crippen LogP contribution in [0.15, 0.2) is 77.6 Å². The molecular weight excluding hydrogens is 425 g/mol. The highest BCUT2D eigenvalue weighted by Gasteiger charge is 2.31. The third kappa shape index (κ3) is 5.28. The summed E-state index contributed by atoms with van der Waals surface area (Å²) in [6, 6.07) is 15.3. The minimum Gasteiger partial charge on any atom is -0.406 e. The van der Waals surface area contributed by atoms with Crippen molar-refractivity contribution in [3.63, 3.8) is 0 Å². The van der Waals surface area contributed by atoms with Crippen LogP contribution in [0.2, 0.25) is 0 Å². The first-order chi connectivity index (χ1) is 15.4. The Morgan fingerprint density at radius 2 is 1.81 bits per heavy atom. The molecule has 162 valence electrons. The number of carbonyl (C=O) groups is 1. The Bertz CT molecular complexity index is 1230. The van der Waals surface area contributed by atoms with Crippen molar-refractivity contribution in [1.29, 1.82) is 0 Å². The number of nitrogens with one attached hydrogen (secondary N) is 1. The lowest BCUT2D eigenvalue weighted by Gasteiger charge is -2.12. The molecule has 0 aliphatic rings. The first-order valence-electron chi connectivity index (χ1n) is 9.35. The number of hydrogen-bond acceptors (Lipinski definition) is 6. The number of alkyl halides is 3. The third-order valence-corrected chi connectivity index (χ3v) is 4.34. The molecule has 1 amide bonds. The van der Waals surface area contributed by atoms with Crippen LogP contribution in [0.25, 0.3) is 11.4 Å². The van der Waals surface area contributed by atoms with Gasteiger partial charge in [-0.25, -0.2) is 0 Å². The Kier molecular flexibility index (Phi) is 5.84. The Balaban J connectivity index is 1.50. The number of rotatable bonds is 6. The predicted octanol–water partition coefficient (Wildman–Crippen LogP) is 4.87. The zero-order valence-corrected chi connectivity index (χ0v) is 16.3. The highest BCUT2D eigenvalue weighted by Crippen LogP contribution is 2.25. The molecule has 32 heavy (non-hydrogen) atoms. The summed E-state index contributed by atoms with van der Waals surface area (Å²) in [6.45, 7) is 0. The molecule has 2 aromatic carbocycles. The number of anilines is 1. The Hall–Kier alpha value is -4.21. The number of para-hydroxylation sites is 1. The van der Waals surface area contributed by atoms with Crippen LogP contribution in [0.1, 0.15) is 21.8 Å². The van der Waals surface area contributed by atoms with Gasteiger partial charge >= 0.3 is 6.36 Å². The largest absolute Gasteiger partial charge is 0.573 e. The average Bonchev–Trinajstić information content (AvgIpc) is 3.23. The molecule has 0 aliphatic heterocycles. The second-order valence-electron chi connectivity index (χ2n) is 6.61. The molecule has 0 fully saturated rings. The molecular formula is C22H15F3N4O3. The van der Waals surface area contributed by atoms with Crippen molar-refractivity contribution >= 4 is 11.6 Å². The summed E-state index contributed by atoms with van der Waals surface area (Å²) in [4.78, 5) is 20.9. The smallest absolute Gasteiger partial charge is 0.406 e. The number of pyridine rings is 1. The summed E-state index contributed by atoms with van der Waals surface area (Å²) in [5.41, 5.74) is 1.91. The van der Waals surface area contributed by atoms with Crippen LogP contribution in [0.3, 0.4) is 0 Å². The lowest BCUT2D eigenvalue weighted by atomic mass is 10.1. The average molecular weight is 440 g/mol. The van der Waals surface area contributed by atoms with E-state index in [1.165, 1.54) is 12.1 Å². The molecule has 0 saturated carbocycles. The summed E-state index contributed by atoms with van der Waals surface area (Å²) in [7, 11) is 0. The van der Waals surface area contributed by atoms with Gasteiger partial charge in [0.15, 0.2) is 0 Å². The van der Waals surface area contributed by atoms with Crippen LogP contribution < -0.4 is 10.1 Å². The molecule has 0 spiro atoms. The molecule has 4 aromatic rings. The molecule has 0 atom stereocenters. The van der Waals surface area contributed by atoms with Crippen LogP contribution in [0.5, 0.6) is 5.75 Å². The van der Waals surface area contributed by atoms with Crippen LogP contribution in [0.4, 0.5) is 18.9 Å². The van der Waals surface area contributed by atoms with E-state index in [-0.39, 0.29) is 12.0 Å². The highest BCUT2D eigenvalue weighted by atomic mass is 19.4.